The Kier molecular flexibility index (Phi) is 21.6. The summed E-state index contributed by atoms with van der Waals surface area (Å²) in [6.45, 7) is 7.88. The molecule has 0 aromatic heterocycles. The maximum absolute atomic E-state index is 9.00. The molecule has 3 nitrogen and oxygen atoms in total. The molecule has 0 aliphatic carbocycles. The van der Waals surface area contributed by atoms with Gasteiger partial charge in [-0.25, -0.2) is 0 Å². The topological polar surface area (TPSA) is 49.3 Å². The molecule has 0 heterocycles. The van der Waals surface area contributed by atoms with Gasteiger partial charge in [0.1, 0.15) is 0 Å². The molecule has 3 heteroatoms. The van der Waals surface area contributed by atoms with Gasteiger partial charge in [0.2, 0.25) is 0 Å². The summed E-state index contributed by atoms with van der Waals surface area (Å²) in [5, 5.41) is 10.8. The summed E-state index contributed by atoms with van der Waals surface area (Å²) < 4.78 is 0. The molecule has 0 aliphatic heterocycles. The van der Waals surface area contributed by atoms with Crippen LogP contribution in [0, 0.1) is 0 Å². The SMILES string of the molecule is CC(=O)O.CCCCCCCCCCCCNCC. The second kappa shape index (κ2) is 19.8. The summed E-state index contributed by atoms with van der Waals surface area (Å²) in [6.07, 6.45) is 14.3. The minimum atomic E-state index is -0.833. The lowest BCUT2D eigenvalue weighted by Gasteiger charge is -2.02. The molecule has 0 unspecified atom stereocenters. The average Bonchev–Trinajstić information content (AvgIpc) is 2.35. The van der Waals surface area contributed by atoms with E-state index in [0.29, 0.717) is 0 Å². The number of unbranched alkanes of at least 4 members (excludes halogenated alkanes) is 9. The van der Waals surface area contributed by atoms with Crippen molar-refractivity contribution in [1.29, 1.82) is 0 Å². The van der Waals surface area contributed by atoms with E-state index < -0.39 is 5.97 Å². The number of rotatable bonds is 12. The summed E-state index contributed by atoms with van der Waals surface area (Å²) in [7, 11) is 0. The zero-order valence-corrected chi connectivity index (χ0v) is 13.3. The van der Waals surface area contributed by atoms with Gasteiger partial charge in [-0.3, -0.25) is 4.79 Å². The molecule has 0 aromatic rings. The number of hydrogen-bond acceptors (Lipinski definition) is 2. The highest BCUT2D eigenvalue weighted by Crippen LogP contribution is 2.10. The van der Waals surface area contributed by atoms with E-state index in [-0.39, 0.29) is 0 Å². The summed E-state index contributed by atoms with van der Waals surface area (Å²) in [5.74, 6) is -0.833. The van der Waals surface area contributed by atoms with E-state index in [0.717, 1.165) is 13.5 Å². The summed E-state index contributed by atoms with van der Waals surface area (Å²) >= 11 is 0. The van der Waals surface area contributed by atoms with Gasteiger partial charge in [-0.05, 0) is 19.5 Å². The Bertz CT molecular complexity index is 156. The summed E-state index contributed by atoms with van der Waals surface area (Å²) in [6, 6.07) is 0. The predicted molar refractivity (Wildman–Crippen MR) is 83.7 cm³/mol. The van der Waals surface area contributed by atoms with Gasteiger partial charge in [-0.1, -0.05) is 71.6 Å². The Morgan fingerprint density at radius 2 is 1.21 bits per heavy atom. The van der Waals surface area contributed by atoms with Crippen molar-refractivity contribution in [3.05, 3.63) is 0 Å². The third kappa shape index (κ3) is 31.8. The monoisotopic (exact) mass is 273 g/mol. The zero-order chi connectivity index (χ0) is 14.8. The van der Waals surface area contributed by atoms with Crippen LogP contribution in [0.15, 0.2) is 0 Å². The molecule has 0 rings (SSSR count). The minimum absolute atomic E-state index is 0.833. The van der Waals surface area contributed by atoms with Gasteiger partial charge in [0.15, 0.2) is 0 Å². The van der Waals surface area contributed by atoms with Crippen LogP contribution in [0.25, 0.3) is 0 Å². The van der Waals surface area contributed by atoms with Crippen molar-refractivity contribution in [2.24, 2.45) is 0 Å². The molecular weight excluding hydrogens is 238 g/mol. The van der Waals surface area contributed by atoms with Crippen molar-refractivity contribution in [3.8, 4) is 0 Å². The van der Waals surface area contributed by atoms with Crippen LogP contribution in [-0.2, 0) is 4.79 Å². The van der Waals surface area contributed by atoms with E-state index in [1.165, 1.54) is 70.8 Å². The Labute approximate surface area is 120 Å². The van der Waals surface area contributed by atoms with Crippen LogP contribution in [0.4, 0.5) is 0 Å². The Morgan fingerprint density at radius 1 is 0.842 bits per heavy atom. The van der Waals surface area contributed by atoms with Gasteiger partial charge in [-0.15, -0.1) is 0 Å². The lowest BCUT2D eigenvalue weighted by molar-refractivity contribution is -0.134. The zero-order valence-electron chi connectivity index (χ0n) is 13.3. The normalized spacial score (nSPS) is 9.84. The van der Waals surface area contributed by atoms with Gasteiger partial charge in [0.05, 0.1) is 0 Å². The Balaban J connectivity index is 0. The number of hydrogen-bond donors (Lipinski definition) is 2. The lowest BCUT2D eigenvalue weighted by Crippen LogP contribution is -2.13. The smallest absolute Gasteiger partial charge is 0.300 e. The largest absolute Gasteiger partial charge is 0.481 e. The van der Waals surface area contributed by atoms with Crippen molar-refractivity contribution < 1.29 is 9.90 Å². The average molecular weight is 273 g/mol. The van der Waals surface area contributed by atoms with Gasteiger partial charge >= 0.3 is 0 Å². The molecule has 2 N–H and O–H groups in total. The van der Waals surface area contributed by atoms with Gasteiger partial charge in [0.25, 0.3) is 5.97 Å². The van der Waals surface area contributed by atoms with Crippen LogP contribution in [0.5, 0.6) is 0 Å². The molecular formula is C16H35NO2. The molecule has 0 amide bonds. The first-order valence-electron chi connectivity index (χ1n) is 8.05. The second-order valence-corrected chi connectivity index (χ2v) is 5.05. The van der Waals surface area contributed by atoms with E-state index in [2.05, 4.69) is 19.2 Å². The molecule has 0 aromatic carbocycles. The Hall–Kier alpha value is -0.570. The first-order valence-corrected chi connectivity index (χ1v) is 8.05. The van der Waals surface area contributed by atoms with E-state index in [1.54, 1.807) is 0 Å². The number of nitrogens with one attached hydrogen (secondary N) is 1. The minimum Gasteiger partial charge on any atom is -0.481 e. The fourth-order valence-corrected chi connectivity index (χ4v) is 1.91. The number of carboxylic acids is 1. The standard InChI is InChI=1S/C14H31N.C2H4O2/c1-3-5-6-7-8-9-10-11-12-13-14-15-4-2;1-2(3)4/h15H,3-14H2,1-2H3;1H3,(H,3,4). The van der Waals surface area contributed by atoms with Crippen molar-refractivity contribution in [1.82, 2.24) is 5.32 Å². The highest BCUT2D eigenvalue weighted by atomic mass is 16.4. The fourth-order valence-electron chi connectivity index (χ4n) is 1.91. The molecule has 0 fully saturated rings. The summed E-state index contributed by atoms with van der Waals surface area (Å²) in [4.78, 5) is 9.00. The van der Waals surface area contributed by atoms with Gasteiger partial charge in [-0.2, -0.15) is 0 Å². The predicted octanol–water partition coefficient (Wildman–Crippen LogP) is 4.61. The van der Waals surface area contributed by atoms with Crippen LogP contribution in [0.2, 0.25) is 0 Å². The molecule has 0 atom stereocenters. The Morgan fingerprint density at radius 3 is 1.58 bits per heavy atom. The fraction of sp³-hybridized carbons (Fsp3) is 0.938. The number of carboxylic acid groups (broad SMARTS) is 1. The van der Waals surface area contributed by atoms with Crippen LogP contribution in [-0.4, -0.2) is 24.2 Å². The van der Waals surface area contributed by atoms with E-state index in [1.807, 2.05) is 0 Å². The molecule has 0 saturated heterocycles. The van der Waals surface area contributed by atoms with Crippen molar-refractivity contribution in [3.63, 3.8) is 0 Å². The number of aliphatic carboxylic acids is 1. The van der Waals surface area contributed by atoms with Crippen molar-refractivity contribution in [2.45, 2.75) is 85.0 Å². The first-order chi connectivity index (χ1) is 9.15. The third-order valence-electron chi connectivity index (χ3n) is 2.96. The van der Waals surface area contributed by atoms with Crippen molar-refractivity contribution >= 4 is 5.97 Å². The summed E-state index contributed by atoms with van der Waals surface area (Å²) in [5.41, 5.74) is 0. The highest BCUT2D eigenvalue weighted by molar-refractivity contribution is 5.62. The van der Waals surface area contributed by atoms with E-state index in [9.17, 15) is 0 Å². The third-order valence-corrected chi connectivity index (χ3v) is 2.96. The van der Waals surface area contributed by atoms with E-state index in [4.69, 9.17) is 9.90 Å². The molecule has 19 heavy (non-hydrogen) atoms. The molecule has 0 spiro atoms. The molecule has 0 bridgehead atoms. The quantitative estimate of drug-likeness (QED) is 0.511. The molecule has 0 radical (unpaired) electrons. The van der Waals surface area contributed by atoms with Crippen molar-refractivity contribution in [2.75, 3.05) is 13.1 Å². The number of carbonyl (C=O) groups is 1. The van der Waals surface area contributed by atoms with Crippen LogP contribution in [0.3, 0.4) is 0 Å². The van der Waals surface area contributed by atoms with E-state index >= 15 is 0 Å². The molecule has 0 saturated carbocycles. The molecule has 116 valence electrons. The lowest BCUT2D eigenvalue weighted by atomic mass is 10.1. The maximum atomic E-state index is 9.00. The van der Waals surface area contributed by atoms with Crippen LogP contribution >= 0.6 is 0 Å². The molecule has 0 aliphatic rings. The first kappa shape index (κ1) is 20.7. The highest BCUT2D eigenvalue weighted by Gasteiger charge is 1.91. The van der Waals surface area contributed by atoms with Gasteiger partial charge in [0, 0.05) is 6.92 Å². The van der Waals surface area contributed by atoms with Crippen LogP contribution in [0.1, 0.15) is 85.0 Å². The van der Waals surface area contributed by atoms with Crippen LogP contribution < -0.4 is 5.32 Å². The maximum Gasteiger partial charge on any atom is 0.300 e. The van der Waals surface area contributed by atoms with Gasteiger partial charge < -0.3 is 10.4 Å². The second-order valence-electron chi connectivity index (χ2n) is 5.05.